The number of aliphatic imine (C=N–C) groups is 1. The zero-order valence-corrected chi connectivity index (χ0v) is 25.4. The van der Waals surface area contributed by atoms with Gasteiger partial charge in [0.15, 0.2) is 0 Å². The van der Waals surface area contributed by atoms with Gasteiger partial charge in [-0.1, -0.05) is 13.3 Å². The fourth-order valence-corrected chi connectivity index (χ4v) is 7.77. The third kappa shape index (κ3) is 7.70. The topological polar surface area (TPSA) is 159 Å². The predicted molar refractivity (Wildman–Crippen MR) is 158 cm³/mol. The van der Waals surface area contributed by atoms with Gasteiger partial charge in [0.25, 0.3) is 5.91 Å². The predicted octanol–water partition coefficient (Wildman–Crippen LogP) is 2.87. The molecule has 1 aromatic carbocycles. The third-order valence-corrected chi connectivity index (χ3v) is 11.0. The molecule has 11 nitrogen and oxygen atoms in total. The summed E-state index contributed by atoms with van der Waals surface area (Å²) in [5.74, 6) is 0.782. The van der Waals surface area contributed by atoms with Gasteiger partial charge >= 0.3 is 6.03 Å². The quantitative estimate of drug-likeness (QED) is 0.354. The first-order valence-corrected chi connectivity index (χ1v) is 17.0. The Morgan fingerprint density at radius 2 is 1.73 bits per heavy atom. The first kappa shape index (κ1) is 31.8. The van der Waals surface area contributed by atoms with E-state index in [1.165, 1.54) is 14.6 Å². The van der Waals surface area contributed by atoms with Crippen molar-refractivity contribution in [3.05, 3.63) is 34.2 Å². The lowest BCUT2D eigenvalue weighted by Crippen LogP contribution is -2.50. The molecule has 0 bridgehead atoms. The number of hydrogen-bond donors (Lipinski definition) is 2. The monoisotopic (exact) mass is 595 g/mol. The molecule has 0 atom stereocenters. The van der Waals surface area contributed by atoms with Crippen molar-refractivity contribution in [2.75, 3.05) is 36.5 Å². The molecule has 1 aromatic rings. The highest BCUT2D eigenvalue weighted by molar-refractivity contribution is 7.92. The van der Waals surface area contributed by atoms with Crippen LogP contribution in [-0.2, 0) is 24.7 Å². The number of amidine groups is 1. The third-order valence-electron chi connectivity index (χ3n) is 7.53. The van der Waals surface area contributed by atoms with E-state index in [4.69, 9.17) is 5.73 Å². The molecule has 2 aliphatic heterocycles. The normalized spacial score (nSPS) is 17.8. The lowest BCUT2D eigenvalue weighted by molar-refractivity contribution is -0.124. The van der Waals surface area contributed by atoms with E-state index in [9.17, 15) is 26.4 Å². The van der Waals surface area contributed by atoms with Crippen LogP contribution in [0.2, 0.25) is 0 Å². The smallest absolute Gasteiger partial charge is 0.318 e. The van der Waals surface area contributed by atoms with E-state index in [1.807, 2.05) is 20.8 Å². The van der Waals surface area contributed by atoms with Crippen LogP contribution in [0.4, 0.5) is 10.5 Å². The number of urea groups is 1. The second kappa shape index (κ2) is 12.8. The van der Waals surface area contributed by atoms with Gasteiger partial charge in [-0.2, -0.15) is 4.31 Å². The molecule has 0 saturated carbocycles. The number of rotatable bonds is 12. The van der Waals surface area contributed by atoms with Crippen LogP contribution in [0.15, 0.2) is 22.5 Å². The molecular formula is C27H41N5O6S2. The number of benzene rings is 1. The van der Waals surface area contributed by atoms with Gasteiger partial charge in [0.2, 0.25) is 10.0 Å². The molecule has 3 amide bonds. The van der Waals surface area contributed by atoms with Crippen LogP contribution >= 0.6 is 0 Å². The number of amides is 3. The summed E-state index contributed by atoms with van der Waals surface area (Å²) in [5, 5.41) is 4.03. The summed E-state index contributed by atoms with van der Waals surface area (Å²) in [4.78, 5) is 30.3. The van der Waals surface area contributed by atoms with E-state index < -0.39 is 31.4 Å². The molecule has 1 fully saturated rings. The van der Waals surface area contributed by atoms with Crippen LogP contribution in [0, 0.1) is 13.8 Å². The number of aryl methyl sites for hydroxylation is 2. The number of nitrogens with two attached hydrogens (primary N) is 1. The number of unbranched alkanes of at least 4 members (excludes halogenated alkanes) is 2. The second-order valence-corrected chi connectivity index (χ2v) is 14.8. The lowest BCUT2D eigenvalue weighted by Gasteiger charge is -2.34. The van der Waals surface area contributed by atoms with E-state index in [0.717, 1.165) is 29.5 Å². The number of carbonyl (C=O) groups excluding carboxylic acids is 2. The number of anilines is 1. The van der Waals surface area contributed by atoms with Gasteiger partial charge in [-0.15, -0.1) is 0 Å². The molecule has 2 heterocycles. The number of nitrogens with zero attached hydrogens (tertiary/aromatic N) is 3. The molecule has 0 aliphatic carbocycles. The molecule has 0 aromatic heterocycles. The number of piperidine rings is 1. The summed E-state index contributed by atoms with van der Waals surface area (Å²) >= 11 is 0. The highest BCUT2D eigenvalue weighted by Crippen LogP contribution is 2.32. The van der Waals surface area contributed by atoms with Crippen molar-refractivity contribution in [1.29, 1.82) is 0 Å². The summed E-state index contributed by atoms with van der Waals surface area (Å²) in [7, 11) is -5.15. The Hall–Kier alpha value is -2.77. The standard InChI is InChI=1S/C27H41N5O6S2/c1-5-15-39(35,36)16-8-6-7-9-24-29-25(33)27(30-24)11-13-32(14-12-27)40(37,38)17-10-23-20(2)18-22(19-21(23)3)31(4)26(28)34/h10,17-19H,5-9,11-16H2,1-4H3,(H2,28,34)(H,29,30,33)/b17-10+. The van der Waals surface area contributed by atoms with Crippen LogP contribution in [-0.4, -0.2) is 76.1 Å². The number of sulfonamides is 1. The van der Waals surface area contributed by atoms with Crippen molar-refractivity contribution in [2.24, 2.45) is 10.7 Å². The molecule has 3 N–H and O–H groups in total. The number of primary amides is 1. The number of hydrogen-bond acceptors (Lipinski definition) is 7. The van der Waals surface area contributed by atoms with Crippen LogP contribution in [0.25, 0.3) is 6.08 Å². The zero-order chi connectivity index (χ0) is 29.7. The molecule has 0 unspecified atom stereocenters. The largest absolute Gasteiger partial charge is 0.351 e. The Kier molecular flexibility index (Phi) is 10.2. The van der Waals surface area contributed by atoms with Gasteiger partial charge in [0, 0.05) is 43.4 Å². The van der Waals surface area contributed by atoms with E-state index in [2.05, 4.69) is 10.3 Å². The Labute approximate surface area is 237 Å². The molecule has 2 aliphatic rings. The first-order chi connectivity index (χ1) is 18.7. The lowest BCUT2D eigenvalue weighted by atomic mass is 9.89. The summed E-state index contributed by atoms with van der Waals surface area (Å²) in [6, 6.07) is 2.96. The number of nitrogens with one attached hydrogen (secondary N) is 1. The number of sulfone groups is 1. The average Bonchev–Trinajstić information content (AvgIpc) is 3.16. The maximum absolute atomic E-state index is 13.1. The fourth-order valence-electron chi connectivity index (χ4n) is 5.13. The van der Waals surface area contributed by atoms with Gasteiger partial charge in [0.1, 0.15) is 21.2 Å². The summed E-state index contributed by atoms with van der Waals surface area (Å²) in [6.07, 6.45) is 5.35. The Morgan fingerprint density at radius 3 is 2.30 bits per heavy atom. The van der Waals surface area contributed by atoms with Gasteiger partial charge in [-0.05, 0) is 80.9 Å². The van der Waals surface area contributed by atoms with E-state index in [-0.39, 0.29) is 43.3 Å². The SMILES string of the molecule is CCCS(=O)(=O)CCCCCC1=NC2(CCN(S(=O)(=O)/C=C/c3c(C)cc(N(C)C(N)=O)cc3C)CC2)C(=O)N1. The minimum absolute atomic E-state index is 0.173. The van der Waals surface area contributed by atoms with Crippen molar-refractivity contribution in [2.45, 2.75) is 71.3 Å². The zero-order valence-electron chi connectivity index (χ0n) is 23.8. The van der Waals surface area contributed by atoms with Crippen LogP contribution in [0.3, 0.4) is 0 Å². The molecule has 1 saturated heterocycles. The van der Waals surface area contributed by atoms with E-state index in [1.54, 1.807) is 25.3 Å². The first-order valence-electron chi connectivity index (χ1n) is 13.6. The van der Waals surface area contributed by atoms with Crippen LogP contribution in [0.5, 0.6) is 0 Å². The molecule has 40 heavy (non-hydrogen) atoms. The molecule has 1 spiro atoms. The Bertz CT molecular complexity index is 1370. The average molecular weight is 596 g/mol. The van der Waals surface area contributed by atoms with Crippen LogP contribution in [0.1, 0.15) is 68.6 Å². The molecular weight excluding hydrogens is 554 g/mol. The van der Waals surface area contributed by atoms with Crippen molar-refractivity contribution < 1.29 is 26.4 Å². The summed E-state index contributed by atoms with van der Waals surface area (Å²) < 4.78 is 51.3. The van der Waals surface area contributed by atoms with E-state index >= 15 is 0 Å². The van der Waals surface area contributed by atoms with Gasteiger partial charge < -0.3 is 11.1 Å². The van der Waals surface area contributed by atoms with Gasteiger partial charge in [0.05, 0.1) is 5.75 Å². The molecule has 222 valence electrons. The van der Waals surface area contributed by atoms with E-state index in [0.29, 0.717) is 30.8 Å². The summed E-state index contributed by atoms with van der Waals surface area (Å²) in [5.41, 5.74) is 7.38. The number of carbonyl (C=O) groups is 2. The highest BCUT2D eigenvalue weighted by Gasteiger charge is 2.46. The van der Waals surface area contributed by atoms with Gasteiger partial charge in [-0.3, -0.25) is 14.7 Å². The molecule has 13 heteroatoms. The van der Waals surface area contributed by atoms with Crippen molar-refractivity contribution in [1.82, 2.24) is 9.62 Å². The fraction of sp³-hybridized carbons (Fsp3) is 0.593. The van der Waals surface area contributed by atoms with Crippen molar-refractivity contribution in [3.63, 3.8) is 0 Å². The molecule has 3 rings (SSSR count). The maximum atomic E-state index is 13.1. The Morgan fingerprint density at radius 1 is 1.10 bits per heavy atom. The minimum Gasteiger partial charge on any atom is -0.351 e. The van der Waals surface area contributed by atoms with Gasteiger partial charge in [-0.25, -0.2) is 21.6 Å². The summed E-state index contributed by atoms with van der Waals surface area (Å²) in [6.45, 7) is 5.87. The molecule has 0 radical (unpaired) electrons. The highest BCUT2D eigenvalue weighted by atomic mass is 32.2. The minimum atomic E-state index is -3.73. The van der Waals surface area contributed by atoms with Crippen molar-refractivity contribution in [3.8, 4) is 0 Å². The maximum Gasteiger partial charge on any atom is 0.318 e. The van der Waals surface area contributed by atoms with Crippen LogP contribution < -0.4 is 16.0 Å². The van der Waals surface area contributed by atoms with Crippen molar-refractivity contribution >= 4 is 49.4 Å². The Balaban J connectivity index is 1.58. The second-order valence-electron chi connectivity index (χ2n) is 10.6.